The van der Waals surface area contributed by atoms with E-state index >= 15 is 0 Å². The molecule has 2 aromatic carbocycles. The Morgan fingerprint density at radius 2 is 1.90 bits per heavy atom. The molecule has 30 heavy (non-hydrogen) atoms. The number of nitrogens with one attached hydrogen (secondary N) is 1. The first-order valence-corrected chi connectivity index (χ1v) is 12.3. The number of nitrogens with zero attached hydrogens (tertiary/aromatic N) is 1. The quantitative estimate of drug-likeness (QED) is 0.167. The maximum absolute atomic E-state index is 13.9. The molecule has 1 heterocycles. The van der Waals surface area contributed by atoms with E-state index in [0.717, 1.165) is 30.2 Å². The van der Waals surface area contributed by atoms with Crippen molar-refractivity contribution in [1.29, 1.82) is 0 Å². The molecule has 3 aromatic rings. The van der Waals surface area contributed by atoms with Gasteiger partial charge in [0.05, 0.1) is 10.9 Å². The third-order valence-electron chi connectivity index (χ3n) is 4.41. The van der Waals surface area contributed by atoms with E-state index in [0.29, 0.717) is 22.5 Å². The summed E-state index contributed by atoms with van der Waals surface area (Å²) >= 11 is 4.42. The number of H-pyrrole nitrogens is 1. The van der Waals surface area contributed by atoms with Crippen LogP contribution in [0.25, 0.3) is 10.9 Å². The number of thioether (sulfide) groups is 1. The molecule has 0 saturated carbocycles. The molecule has 0 fully saturated rings. The summed E-state index contributed by atoms with van der Waals surface area (Å²) in [7, 11) is -5.61. The second-order valence-corrected chi connectivity index (χ2v) is 10.2. The summed E-state index contributed by atoms with van der Waals surface area (Å²) in [6.07, 6.45) is 2.19. The highest BCUT2D eigenvalue weighted by atomic mass is 79.9. The predicted octanol–water partition coefficient (Wildman–Crippen LogP) is 5.03. The first kappa shape index (κ1) is 23.1. The zero-order valence-corrected chi connectivity index (χ0v) is 18.8. The number of alkyl halides is 2. The Labute approximate surface area is 183 Å². The molecule has 0 saturated heterocycles. The van der Waals surface area contributed by atoms with Crippen molar-refractivity contribution in [2.24, 2.45) is 0 Å². The van der Waals surface area contributed by atoms with Gasteiger partial charge in [0.1, 0.15) is 0 Å². The molecule has 6 nitrogen and oxygen atoms in total. The lowest BCUT2D eigenvalue weighted by atomic mass is 10.1. The maximum atomic E-state index is 13.9. The van der Waals surface area contributed by atoms with Crippen LogP contribution in [0.1, 0.15) is 24.0 Å². The van der Waals surface area contributed by atoms with E-state index in [2.05, 4.69) is 25.9 Å². The Kier molecular flexibility index (Phi) is 7.14. The predicted molar refractivity (Wildman–Crippen MR) is 116 cm³/mol. The largest absolute Gasteiger partial charge is 0.399 e. The van der Waals surface area contributed by atoms with Crippen molar-refractivity contribution >= 4 is 46.2 Å². The van der Waals surface area contributed by atoms with Crippen LogP contribution in [0, 0.1) is 0 Å². The van der Waals surface area contributed by atoms with Crippen molar-refractivity contribution in [3.8, 4) is 0 Å². The van der Waals surface area contributed by atoms with Crippen molar-refractivity contribution in [3.63, 3.8) is 0 Å². The van der Waals surface area contributed by atoms with Gasteiger partial charge in [0, 0.05) is 15.8 Å². The fourth-order valence-electron chi connectivity index (χ4n) is 2.85. The second-order valence-electron chi connectivity index (χ2n) is 6.59. The van der Waals surface area contributed by atoms with Crippen LogP contribution in [0.4, 0.5) is 8.78 Å². The van der Waals surface area contributed by atoms with Gasteiger partial charge in [-0.15, -0.1) is 0 Å². The second kappa shape index (κ2) is 9.28. The third kappa shape index (κ3) is 5.18. The number of benzene rings is 2. The average Bonchev–Trinajstić information content (AvgIpc) is 2.67. The van der Waals surface area contributed by atoms with Gasteiger partial charge in [-0.3, -0.25) is 9.36 Å². The number of halogens is 3. The van der Waals surface area contributed by atoms with Gasteiger partial charge in [-0.05, 0) is 43.0 Å². The lowest BCUT2D eigenvalue weighted by Gasteiger charge is -2.19. The van der Waals surface area contributed by atoms with Crippen molar-refractivity contribution in [3.05, 3.63) is 68.4 Å². The summed E-state index contributed by atoms with van der Waals surface area (Å²) in [6.45, 7) is 0. The highest BCUT2D eigenvalue weighted by Crippen LogP contribution is 2.60. The number of hydrogen-bond acceptors (Lipinski definition) is 4. The molecule has 0 aliphatic carbocycles. The van der Waals surface area contributed by atoms with Crippen LogP contribution in [-0.2, 0) is 16.6 Å². The minimum Gasteiger partial charge on any atom is -0.320 e. The topological polar surface area (TPSA) is 103 Å². The van der Waals surface area contributed by atoms with Crippen LogP contribution in [0.5, 0.6) is 0 Å². The molecule has 0 aliphatic heterocycles. The molecule has 3 N–H and O–H groups in total. The zero-order valence-electron chi connectivity index (χ0n) is 15.5. The van der Waals surface area contributed by atoms with Crippen molar-refractivity contribution in [1.82, 2.24) is 9.97 Å². The Hall–Kier alpha value is -1.58. The molecule has 11 heteroatoms. The maximum Gasteiger partial charge on any atom is 0.399 e. The van der Waals surface area contributed by atoms with E-state index < -0.39 is 18.8 Å². The van der Waals surface area contributed by atoms with Gasteiger partial charge in [0.25, 0.3) is 5.56 Å². The smallest absolute Gasteiger partial charge is 0.320 e. The highest BCUT2D eigenvalue weighted by Gasteiger charge is 2.51. The Morgan fingerprint density at radius 1 is 1.17 bits per heavy atom. The van der Waals surface area contributed by atoms with Crippen molar-refractivity contribution in [2.75, 3.05) is 5.75 Å². The number of aryl methyl sites for hydroxylation is 1. The summed E-state index contributed by atoms with van der Waals surface area (Å²) in [5.74, 6) is 0.719. The van der Waals surface area contributed by atoms with Crippen LogP contribution in [0.3, 0.4) is 0 Å². The van der Waals surface area contributed by atoms with Gasteiger partial charge in [-0.1, -0.05) is 52.0 Å². The van der Waals surface area contributed by atoms with Gasteiger partial charge in [0.2, 0.25) is 0 Å². The van der Waals surface area contributed by atoms with Crippen LogP contribution < -0.4 is 5.56 Å². The number of rotatable bonds is 8. The van der Waals surface area contributed by atoms with Gasteiger partial charge in [0.15, 0.2) is 5.16 Å². The summed E-state index contributed by atoms with van der Waals surface area (Å²) in [4.78, 5) is 37.0. The normalized spacial score (nSPS) is 12.4. The molecule has 160 valence electrons. The molecule has 1 aromatic heterocycles. The highest BCUT2D eigenvalue weighted by molar-refractivity contribution is 9.10. The van der Waals surface area contributed by atoms with Gasteiger partial charge >= 0.3 is 13.3 Å². The lowest BCUT2D eigenvalue weighted by molar-refractivity contribution is 0.0557. The molecule has 0 spiro atoms. The Bertz CT molecular complexity index is 1170. The molecular weight excluding hydrogens is 501 g/mol. The lowest BCUT2D eigenvalue weighted by Crippen LogP contribution is -2.14. The molecule has 0 radical (unpaired) electrons. The van der Waals surface area contributed by atoms with Crippen molar-refractivity contribution < 1.29 is 23.1 Å². The number of unbranched alkanes of at least 4 members (excludes halogenated alkanes) is 1. The summed E-state index contributed by atoms with van der Waals surface area (Å²) in [5, 5.41) is 1.09. The first-order valence-electron chi connectivity index (χ1n) is 8.94. The Balaban J connectivity index is 1.54. The molecule has 0 unspecified atom stereocenters. The van der Waals surface area contributed by atoms with E-state index in [-0.39, 0.29) is 10.0 Å². The minimum atomic E-state index is -5.61. The summed E-state index contributed by atoms with van der Waals surface area (Å²) in [6, 6.07) is 11.0. The fourth-order valence-corrected chi connectivity index (χ4v) is 5.06. The number of para-hydroxylation sites is 1. The molecule has 0 aliphatic rings. The average molecular weight is 519 g/mol. The first-order chi connectivity index (χ1) is 14.1. The summed E-state index contributed by atoms with van der Waals surface area (Å²) in [5.41, 5.74) is -3.75. The minimum absolute atomic E-state index is 0.0411. The zero-order chi connectivity index (χ0) is 21.9. The van der Waals surface area contributed by atoms with Crippen LogP contribution in [0.15, 0.2) is 56.9 Å². The van der Waals surface area contributed by atoms with E-state index in [1.54, 1.807) is 18.2 Å². The van der Waals surface area contributed by atoms with Crippen molar-refractivity contribution in [2.45, 2.75) is 30.1 Å². The SMILES string of the molecule is O=c1[nH]c(SCCCCc2ccc(C(F)(F)P(=O)(O)O)c(Br)c2)nc2ccccc12. The third-order valence-corrected chi connectivity index (χ3v) is 7.00. The number of hydrogen-bond donors (Lipinski definition) is 3. The van der Waals surface area contributed by atoms with Crippen LogP contribution >= 0.6 is 35.3 Å². The monoisotopic (exact) mass is 518 g/mol. The molecular formula is C19H18BrF2N2O4PS. The van der Waals surface area contributed by atoms with E-state index in [1.807, 2.05) is 6.07 Å². The van der Waals surface area contributed by atoms with Crippen LogP contribution in [0.2, 0.25) is 0 Å². The fraction of sp³-hybridized carbons (Fsp3) is 0.263. The molecule has 3 rings (SSSR count). The molecule has 0 atom stereocenters. The van der Waals surface area contributed by atoms with Gasteiger partial charge in [-0.2, -0.15) is 8.78 Å². The van der Waals surface area contributed by atoms with Gasteiger partial charge in [-0.25, -0.2) is 4.98 Å². The Morgan fingerprint density at radius 3 is 2.60 bits per heavy atom. The van der Waals surface area contributed by atoms with Crippen LogP contribution in [-0.4, -0.2) is 25.5 Å². The van der Waals surface area contributed by atoms with E-state index in [4.69, 9.17) is 9.79 Å². The molecule has 0 amide bonds. The summed E-state index contributed by atoms with van der Waals surface area (Å²) < 4.78 is 38.7. The number of aromatic nitrogens is 2. The standard InChI is InChI=1S/C19H18BrF2N2O4PS/c20-15-11-12(8-9-14(15)19(21,22)29(26,27)28)5-3-4-10-30-18-23-16-7-2-1-6-13(16)17(25)24-18/h1-2,6-9,11H,3-5,10H2,(H,23,24,25)(H2,26,27,28). The van der Waals surface area contributed by atoms with E-state index in [9.17, 15) is 18.1 Å². The number of aromatic amines is 1. The van der Waals surface area contributed by atoms with Gasteiger partial charge < -0.3 is 14.8 Å². The molecule has 0 bridgehead atoms. The van der Waals surface area contributed by atoms with E-state index in [1.165, 1.54) is 23.9 Å². The number of fused-ring (bicyclic) bond motifs is 1.